The highest BCUT2D eigenvalue weighted by Crippen LogP contribution is 2.41. The van der Waals surface area contributed by atoms with E-state index in [4.69, 9.17) is 0 Å². The van der Waals surface area contributed by atoms with Gasteiger partial charge >= 0.3 is 11.4 Å². The van der Waals surface area contributed by atoms with Crippen molar-refractivity contribution in [3.63, 3.8) is 0 Å². The number of hydrogen-bond donors (Lipinski definition) is 0. The van der Waals surface area contributed by atoms with E-state index in [1.54, 1.807) is 9.36 Å². The molecule has 92 valence electrons. The molecule has 4 rings (SSSR count). The Morgan fingerprint density at radius 1 is 1.06 bits per heavy atom. The van der Waals surface area contributed by atoms with Crippen molar-refractivity contribution in [1.29, 1.82) is 0 Å². The molecular weight excluding hydrogens is 354 g/mol. The molecule has 0 fully saturated rings. The Morgan fingerprint density at radius 3 is 1.82 bits per heavy atom. The summed E-state index contributed by atoms with van der Waals surface area (Å²) in [4.78, 5) is 24.5. The van der Waals surface area contributed by atoms with Crippen LogP contribution < -0.4 is 11.4 Å². The number of hydrogen-bond acceptors (Lipinski definition) is 2. The fourth-order valence-corrected chi connectivity index (χ4v) is 4.00. The second-order valence-electron chi connectivity index (χ2n) is 4.25. The van der Waals surface area contributed by atoms with Gasteiger partial charge in [-0.05, 0) is 6.92 Å². The molecule has 0 saturated carbocycles. The number of rotatable bonds is 1. The number of halogens is 2. The molecule has 1 aromatic heterocycles. The molecule has 17 heavy (non-hydrogen) atoms. The maximum atomic E-state index is 12.1. The predicted octanol–water partition coefficient (Wildman–Crippen LogP) is 1.02. The van der Waals surface area contributed by atoms with E-state index in [0.29, 0.717) is 6.54 Å². The van der Waals surface area contributed by atoms with Gasteiger partial charge in [-0.1, -0.05) is 44.0 Å². The minimum absolute atomic E-state index is 0.0997. The third kappa shape index (κ3) is 1.29. The van der Waals surface area contributed by atoms with Gasteiger partial charge in [-0.3, -0.25) is 0 Å². The molecule has 7 heteroatoms. The van der Waals surface area contributed by atoms with Crippen molar-refractivity contribution in [2.24, 2.45) is 0 Å². The SMILES string of the molecule is CCn1c(=O)n2n(c1=O)C1C=CC2C(Br)C1Br. The number of alkyl halides is 2. The van der Waals surface area contributed by atoms with E-state index in [1.807, 2.05) is 19.1 Å². The summed E-state index contributed by atoms with van der Waals surface area (Å²) >= 11 is 7.18. The fourth-order valence-electron chi connectivity index (χ4n) is 2.58. The summed E-state index contributed by atoms with van der Waals surface area (Å²) in [5.41, 5.74) is -0.443. The summed E-state index contributed by atoms with van der Waals surface area (Å²) in [6, 6.07) is -0.199. The summed E-state index contributed by atoms with van der Waals surface area (Å²) in [7, 11) is 0. The predicted molar refractivity (Wildman–Crippen MR) is 71.3 cm³/mol. The van der Waals surface area contributed by atoms with Gasteiger partial charge in [-0.25, -0.2) is 23.5 Å². The number of aromatic nitrogens is 3. The van der Waals surface area contributed by atoms with E-state index in [2.05, 4.69) is 31.9 Å². The molecule has 0 radical (unpaired) electrons. The zero-order valence-electron chi connectivity index (χ0n) is 9.09. The lowest BCUT2D eigenvalue weighted by molar-refractivity contribution is 0.278. The molecule has 3 aliphatic rings. The van der Waals surface area contributed by atoms with Gasteiger partial charge in [0.1, 0.15) is 0 Å². The van der Waals surface area contributed by atoms with Crippen LogP contribution in [-0.4, -0.2) is 23.6 Å². The summed E-state index contributed by atoms with van der Waals surface area (Å²) < 4.78 is 4.40. The Morgan fingerprint density at radius 2 is 1.47 bits per heavy atom. The van der Waals surface area contributed by atoms with Gasteiger partial charge in [-0.15, -0.1) is 0 Å². The third-order valence-electron chi connectivity index (χ3n) is 3.43. The Hall–Kier alpha value is -0.560. The van der Waals surface area contributed by atoms with Gasteiger partial charge in [-0.2, -0.15) is 0 Å². The summed E-state index contributed by atoms with van der Waals surface area (Å²) in [5, 5.41) is 0. The molecule has 2 aliphatic heterocycles. The normalized spacial score (nSPS) is 34.1. The second kappa shape index (κ2) is 3.71. The molecule has 0 spiro atoms. The zero-order chi connectivity index (χ0) is 12.3. The lowest BCUT2D eigenvalue weighted by Crippen LogP contribution is -2.50. The zero-order valence-corrected chi connectivity index (χ0v) is 12.3. The summed E-state index contributed by atoms with van der Waals surface area (Å²) in [5.74, 6) is 0. The lowest BCUT2D eigenvalue weighted by Gasteiger charge is -2.40. The van der Waals surface area contributed by atoms with Crippen LogP contribution in [-0.2, 0) is 6.54 Å². The van der Waals surface area contributed by atoms with Crippen molar-refractivity contribution >= 4 is 31.9 Å². The first-order chi connectivity index (χ1) is 8.07. The Bertz CT molecular complexity index is 563. The van der Waals surface area contributed by atoms with Crippen molar-refractivity contribution in [3.05, 3.63) is 33.1 Å². The van der Waals surface area contributed by atoms with Gasteiger partial charge in [0.2, 0.25) is 0 Å². The van der Waals surface area contributed by atoms with Gasteiger partial charge in [0, 0.05) is 6.54 Å². The van der Waals surface area contributed by atoms with Crippen LogP contribution in [0.5, 0.6) is 0 Å². The molecule has 4 atom stereocenters. The second-order valence-corrected chi connectivity index (χ2v) is 6.37. The topological polar surface area (TPSA) is 48.9 Å². The van der Waals surface area contributed by atoms with Crippen molar-refractivity contribution in [2.75, 3.05) is 0 Å². The van der Waals surface area contributed by atoms with Crippen molar-refractivity contribution in [2.45, 2.75) is 35.2 Å². The maximum Gasteiger partial charge on any atom is 0.347 e. The van der Waals surface area contributed by atoms with E-state index in [0.717, 1.165) is 0 Å². The molecule has 3 heterocycles. The molecular formula is C10H11Br2N3O2. The van der Waals surface area contributed by atoms with E-state index in [9.17, 15) is 9.59 Å². The monoisotopic (exact) mass is 363 g/mol. The standard InChI is InChI=1S/C10H11Br2N3O2/c1-2-13-9(16)14-5-3-4-6(8(12)7(5)11)15(14)10(13)17/h3-8H,2H2,1H3. The minimum Gasteiger partial charge on any atom is -0.246 e. The maximum absolute atomic E-state index is 12.1. The molecule has 5 nitrogen and oxygen atoms in total. The molecule has 0 aromatic carbocycles. The third-order valence-corrected chi connectivity index (χ3v) is 6.36. The van der Waals surface area contributed by atoms with Crippen LogP contribution in [0.2, 0.25) is 0 Å². The van der Waals surface area contributed by atoms with Crippen LogP contribution in [0.15, 0.2) is 21.7 Å². The van der Waals surface area contributed by atoms with Crippen LogP contribution in [0.3, 0.4) is 0 Å². The van der Waals surface area contributed by atoms with Crippen molar-refractivity contribution < 1.29 is 0 Å². The Labute approximate surface area is 114 Å². The van der Waals surface area contributed by atoms with Crippen molar-refractivity contribution in [1.82, 2.24) is 13.9 Å². The average Bonchev–Trinajstić information content (AvgIpc) is 2.58. The lowest BCUT2D eigenvalue weighted by atomic mass is 9.96. The molecule has 2 bridgehead atoms. The van der Waals surface area contributed by atoms with E-state index in [-0.39, 0.29) is 33.1 Å². The first-order valence-corrected chi connectivity index (χ1v) is 7.31. The molecule has 0 amide bonds. The van der Waals surface area contributed by atoms with Crippen LogP contribution in [0.25, 0.3) is 0 Å². The van der Waals surface area contributed by atoms with Crippen LogP contribution in [0.4, 0.5) is 0 Å². The van der Waals surface area contributed by atoms with E-state index >= 15 is 0 Å². The first-order valence-electron chi connectivity index (χ1n) is 5.48. The highest BCUT2D eigenvalue weighted by Gasteiger charge is 2.44. The number of fused-ring (bicyclic) bond motifs is 1. The number of nitrogens with zero attached hydrogens (tertiary/aromatic N) is 3. The molecule has 4 unspecified atom stereocenters. The van der Waals surface area contributed by atoms with Gasteiger partial charge in [0.05, 0.1) is 21.7 Å². The smallest absolute Gasteiger partial charge is 0.246 e. The molecule has 0 saturated heterocycles. The fraction of sp³-hybridized carbons (Fsp3) is 0.600. The largest absolute Gasteiger partial charge is 0.347 e. The van der Waals surface area contributed by atoms with Crippen LogP contribution >= 0.6 is 31.9 Å². The quantitative estimate of drug-likeness (QED) is 0.552. The van der Waals surface area contributed by atoms with Crippen molar-refractivity contribution in [3.8, 4) is 0 Å². The highest BCUT2D eigenvalue weighted by molar-refractivity contribution is 9.12. The van der Waals surface area contributed by atoms with E-state index in [1.165, 1.54) is 4.57 Å². The highest BCUT2D eigenvalue weighted by atomic mass is 79.9. The summed E-state index contributed by atoms with van der Waals surface area (Å²) in [6.45, 7) is 2.21. The average molecular weight is 365 g/mol. The molecule has 0 N–H and O–H groups in total. The molecule has 1 aromatic rings. The van der Waals surface area contributed by atoms with Crippen LogP contribution in [0, 0.1) is 0 Å². The Balaban J connectivity index is 2.35. The van der Waals surface area contributed by atoms with Gasteiger partial charge < -0.3 is 0 Å². The number of allylic oxidation sites excluding steroid dienone is 2. The molecule has 1 aliphatic carbocycles. The Kier molecular flexibility index (Phi) is 2.52. The minimum atomic E-state index is -0.222. The summed E-state index contributed by atoms with van der Waals surface area (Å²) in [6.07, 6.45) is 3.98. The van der Waals surface area contributed by atoms with Crippen LogP contribution in [0.1, 0.15) is 19.0 Å². The first kappa shape index (κ1) is 11.5. The van der Waals surface area contributed by atoms with Gasteiger partial charge in [0.25, 0.3) is 0 Å². The van der Waals surface area contributed by atoms with E-state index < -0.39 is 0 Å². The van der Waals surface area contributed by atoms with Gasteiger partial charge in [0.15, 0.2) is 0 Å².